The Labute approximate surface area is 122 Å². The van der Waals surface area contributed by atoms with Crippen molar-refractivity contribution in [3.05, 3.63) is 34.3 Å². The van der Waals surface area contributed by atoms with Crippen molar-refractivity contribution in [2.75, 3.05) is 7.11 Å². The lowest BCUT2D eigenvalue weighted by Gasteiger charge is -2.29. The van der Waals surface area contributed by atoms with Crippen LogP contribution in [-0.4, -0.2) is 29.9 Å². The molecule has 0 radical (unpaired) electrons. The second-order valence-corrected chi connectivity index (χ2v) is 5.65. The molecule has 1 aliphatic heterocycles. The average Bonchev–Trinajstić information content (AvgIpc) is 3.02. The minimum Gasteiger partial charge on any atom is -0.467 e. The van der Waals surface area contributed by atoms with Crippen molar-refractivity contribution in [2.24, 2.45) is 0 Å². The molecule has 2 aliphatic rings. The van der Waals surface area contributed by atoms with Crippen LogP contribution in [0.3, 0.4) is 0 Å². The first-order valence-corrected chi connectivity index (χ1v) is 7.17. The Hall–Kier alpha value is -1.55. The lowest BCUT2D eigenvalue weighted by molar-refractivity contribution is -0.150. The molecule has 20 heavy (non-hydrogen) atoms. The van der Waals surface area contributed by atoms with Gasteiger partial charge in [0.2, 0.25) is 5.91 Å². The number of esters is 1. The van der Waals surface area contributed by atoms with Crippen LogP contribution in [0.1, 0.15) is 36.4 Å². The quantitative estimate of drug-likeness (QED) is 0.787. The largest absolute Gasteiger partial charge is 0.467 e. The summed E-state index contributed by atoms with van der Waals surface area (Å²) >= 11 is 6.21. The lowest BCUT2D eigenvalue weighted by atomic mass is 10.1. The normalized spacial score (nSPS) is 24.9. The summed E-state index contributed by atoms with van der Waals surface area (Å²) in [6.45, 7) is 0. The highest BCUT2D eigenvalue weighted by atomic mass is 35.5. The molecule has 1 aromatic carbocycles. The van der Waals surface area contributed by atoms with Gasteiger partial charge in [-0.15, -0.1) is 0 Å². The molecule has 1 aliphatic carbocycles. The maximum absolute atomic E-state index is 12.2. The number of fused-ring (bicyclic) bond motifs is 1. The monoisotopic (exact) mass is 293 g/mol. The molecule has 1 fully saturated rings. The number of hydrogen-bond acceptors (Lipinski definition) is 3. The van der Waals surface area contributed by atoms with Crippen LogP contribution in [0.5, 0.6) is 0 Å². The van der Waals surface area contributed by atoms with Crippen LogP contribution in [0.2, 0.25) is 5.02 Å². The van der Waals surface area contributed by atoms with E-state index in [4.69, 9.17) is 16.3 Å². The number of rotatable bonds is 2. The Morgan fingerprint density at radius 2 is 2.15 bits per heavy atom. The summed E-state index contributed by atoms with van der Waals surface area (Å²) in [5.41, 5.74) is 2.17. The zero-order chi connectivity index (χ0) is 14.3. The van der Waals surface area contributed by atoms with Crippen LogP contribution >= 0.6 is 11.6 Å². The van der Waals surface area contributed by atoms with Crippen LogP contribution in [-0.2, 0) is 20.7 Å². The molecular formula is C15H16ClNO3. The average molecular weight is 294 g/mol. The first-order valence-electron chi connectivity index (χ1n) is 6.79. The maximum Gasteiger partial charge on any atom is 0.328 e. The standard InChI is InChI=1S/C15H16ClNO3/c1-20-15(19)13-7-8-14(18)17(13)12-6-5-9-10(12)3-2-4-11(9)16/h2-4,12-13H,5-8H2,1H3. The first-order chi connectivity index (χ1) is 9.63. The van der Waals surface area contributed by atoms with E-state index in [1.54, 1.807) is 4.90 Å². The molecule has 0 N–H and O–H groups in total. The number of benzene rings is 1. The van der Waals surface area contributed by atoms with Crippen LogP contribution in [0, 0.1) is 0 Å². The Morgan fingerprint density at radius 3 is 2.90 bits per heavy atom. The van der Waals surface area contributed by atoms with E-state index in [0.717, 1.165) is 29.0 Å². The number of likely N-dealkylation sites (tertiary alicyclic amines) is 1. The van der Waals surface area contributed by atoms with Gasteiger partial charge in [-0.05, 0) is 36.5 Å². The molecule has 1 amide bonds. The highest BCUT2D eigenvalue weighted by Crippen LogP contribution is 2.42. The minimum absolute atomic E-state index is 0.0261. The fourth-order valence-corrected chi connectivity index (χ4v) is 3.61. The summed E-state index contributed by atoms with van der Waals surface area (Å²) in [7, 11) is 1.36. The lowest BCUT2D eigenvalue weighted by Crippen LogP contribution is -2.41. The molecule has 4 nitrogen and oxygen atoms in total. The van der Waals surface area contributed by atoms with Gasteiger partial charge in [0, 0.05) is 11.4 Å². The molecule has 1 saturated heterocycles. The second-order valence-electron chi connectivity index (χ2n) is 5.24. The second kappa shape index (κ2) is 5.09. The number of nitrogens with zero attached hydrogens (tertiary/aromatic N) is 1. The molecule has 0 aromatic heterocycles. The van der Waals surface area contributed by atoms with Gasteiger partial charge in [-0.3, -0.25) is 4.79 Å². The highest BCUT2D eigenvalue weighted by Gasteiger charge is 2.43. The molecular weight excluding hydrogens is 278 g/mol. The Bertz CT molecular complexity index is 572. The van der Waals surface area contributed by atoms with Crippen LogP contribution in [0.4, 0.5) is 0 Å². The van der Waals surface area contributed by atoms with Crippen molar-refractivity contribution in [2.45, 2.75) is 37.8 Å². The fraction of sp³-hybridized carbons (Fsp3) is 0.467. The zero-order valence-electron chi connectivity index (χ0n) is 11.3. The van der Waals surface area contributed by atoms with Gasteiger partial charge in [-0.2, -0.15) is 0 Å². The van der Waals surface area contributed by atoms with Gasteiger partial charge < -0.3 is 9.64 Å². The van der Waals surface area contributed by atoms with Crippen molar-refractivity contribution in [1.82, 2.24) is 4.90 Å². The molecule has 0 bridgehead atoms. The van der Waals surface area contributed by atoms with Gasteiger partial charge in [0.15, 0.2) is 0 Å². The van der Waals surface area contributed by atoms with Crippen LogP contribution in [0.15, 0.2) is 18.2 Å². The predicted octanol–water partition coefficient (Wildman–Crippen LogP) is 2.49. The summed E-state index contributed by atoms with van der Waals surface area (Å²) in [5.74, 6) is -0.301. The summed E-state index contributed by atoms with van der Waals surface area (Å²) in [6, 6.07) is 5.25. The Kier molecular flexibility index (Phi) is 3.42. The summed E-state index contributed by atoms with van der Waals surface area (Å²) in [6.07, 6.45) is 2.61. The molecule has 3 rings (SSSR count). The van der Waals surface area contributed by atoms with E-state index in [9.17, 15) is 9.59 Å². The highest BCUT2D eigenvalue weighted by molar-refractivity contribution is 6.31. The molecule has 5 heteroatoms. The first kappa shape index (κ1) is 13.4. The summed E-state index contributed by atoms with van der Waals surface area (Å²) < 4.78 is 4.83. The van der Waals surface area contributed by atoms with Crippen molar-refractivity contribution >= 4 is 23.5 Å². The van der Waals surface area contributed by atoms with Crippen molar-refractivity contribution in [3.63, 3.8) is 0 Å². The van der Waals surface area contributed by atoms with E-state index in [1.807, 2.05) is 18.2 Å². The molecule has 2 unspecified atom stereocenters. The molecule has 1 aromatic rings. The summed E-state index contributed by atoms with van der Waals surface area (Å²) in [5, 5.41) is 0.742. The molecule has 0 spiro atoms. The number of amides is 1. The number of methoxy groups -OCH3 is 1. The smallest absolute Gasteiger partial charge is 0.328 e. The molecule has 0 saturated carbocycles. The number of halogens is 1. The summed E-state index contributed by atoms with van der Waals surface area (Å²) in [4.78, 5) is 25.7. The third kappa shape index (κ3) is 1.99. The van der Waals surface area contributed by atoms with E-state index < -0.39 is 6.04 Å². The van der Waals surface area contributed by atoms with Gasteiger partial charge in [-0.25, -0.2) is 4.79 Å². The van der Waals surface area contributed by atoms with E-state index >= 15 is 0 Å². The van der Waals surface area contributed by atoms with Gasteiger partial charge in [0.25, 0.3) is 0 Å². The number of ether oxygens (including phenoxy) is 1. The number of carbonyl (C=O) groups is 2. The molecule has 106 valence electrons. The van der Waals surface area contributed by atoms with Gasteiger partial charge in [0.05, 0.1) is 13.2 Å². The Morgan fingerprint density at radius 1 is 1.35 bits per heavy atom. The zero-order valence-corrected chi connectivity index (χ0v) is 12.0. The van der Waals surface area contributed by atoms with Crippen LogP contribution in [0.25, 0.3) is 0 Å². The predicted molar refractivity (Wildman–Crippen MR) is 74.4 cm³/mol. The Balaban J connectivity index is 1.96. The third-order valence-electron chi connectivity index (χ3n) is 4.25. The SMILES string of the molecule is COC(=O)C1CCC(=O)N1C1CCc2c(Cl)cccc21. The molecule has 1 heterocycles. The number of carbonyl (C=O) groups excluding carboxylic acids is 2. The number of hydrogen-bond donors (Lipinski definition) is 0. The molecule has 2 atom stereocenters. The van der Waals surface area contributed by atoms with Crippen molar-refractivity contribution in [1.29, 1.82) is 0 Å². The fourth-order valence-electron chi connectivity index (χ4n) is 3.34. The van der Waals surface area contributed by atoms with E-state index in [0.29, 0.717) is 12.8 Å². The van der Waals surface area contributed by atoms with E-state index in [-0.39, 0.29) is 17.9 Å². The maximum atomic E-state index is 12.2. The van der Waals surface area contributed by atoms with E-state index in [1.165, 1.54) is 7.11 Å². The van der Waals surface area contributed by atoms with Crippen molar-refractivity contribution < 1.29 is 14.3 Å². The van der Waals surface area contributed by atoms with Crippen LogP contribution < -0.4 is 0 Å². The van der Waals surface area contributed by atoms with Crippen molar-refractivity contribution in [3.8, 4) is 0 Å². The topological polar surface area (TPSA) is 46.6 Å². The van der Waals surface area contributed by atoms with Gasteiger partial charge in [0.1, 0.15) is 6.04 Å². The van der Waals surface area contributed by atoms with Gasteiger partial charge in [-0.1, -0.05) is 23.7 Å². The third-order valence-corrected chi connectivity index (χ3v) is 4.60. The van der Waals surface area contributed by atoms with E-state index in [2.05, 4.69) is 0 Å². The minimum atomic E-state index is -0.456. The van der Waals surface area contributed by atoms with Gasteiger partial charge >= 0.3 is 5.97 Å².